The van der Waals surface area contributed by atoms with Gasteiger partial charge in [0.25, 0.3) is 0 Å². The van der Waals surface area contributed by atoms with Crippen LogP contribution in [0.1, 0.15) is 99.8 Å². The van der Waals surface area contributed by atoms with Gasteiger partial charge >= 0.3 is 15.6 Å². The first kappa shape index (κ1) is 39.6. The van der Waals surface area contributed by atoms with Crippen LogP contribution < -0.4 is 0 Å². The highest BCUT2D eigenvalue weighted by atomic mass is 31.3. The Morgan fingerprint density at radius 1 is 0.667 bits per heavy atom. The van der Waals surface area contributed by atoms with E-state index in [1.165, 1.54) is 28.7 Å². The summed E-state index contributed by atoms with van der Waals surface area (Å²) in [6, 6.07) is 0. The zero-order valence-electron chi connectivity index (χ0n) is 25.1. The second kappa shape index (κ2) is 22.2. The molecule has 0 aliphatic heterocycles. The van der Waals surface area contributed by atoms with Crippen molar-refractivity contribution in [1.82, 2.24) is 0 Å². The summed E-state index contributed by atoms with van der Waals surface area (Å²) in [6.07, 6.45) is 20.5. The molecule has 1 unspecified atom stereocenters. The Kier molecular flexibility index (Phi) is 22.5. The van der Waals surface area contributed by atoms with E-state index in [-0.39, 0.29) is 6.61 Å². The predicted molar refractivity (Wildman–Crippen MR) is 165 cm³/mol. The van der Waals surface area contributed by atoms with Gasteiger partial charge in [-0.2, -0.15) is 4.31 Å². The third-order valence-corrected chi connectivity index (χ3v) is 7.49. The lowest BCUT2D eigenvalue weighted by Crippen LogP contribution is -1.94. The Balaban J connectivity index is 0. The Morgan fingerprint density at radius 3 is 1.44 bits per heavy atom. The molecule has 7 nitrogen and oxygen atoms in total. The minimum absolute atomic E-state index is 0.261. The van der Waals surface area contributed by atoms with Gasteiger partial charge in [-0.3, -0.25) is 4.52 Å². The van der Waals surface area contributed by atoms with Crippen LogP contribution in [0.15, 0.2) is 83.1 Å². The minimum Gasteiger partial charge on any atom is -0.302 e. The smallest absolute Gasteiger partial charge is 0.302 e. The molecule has 0 aromatic carbocycles. The van der Waals surface area contributed by atoms with Gasteiger partial charge in [0.2, 0.25) is 0 Å². The van der Waals surface area contributed by atoms with Crippen molar-refractivity contribution in [2.24, 2.45) is 0 Å². The maximum Gasteiger partial charge on any atom is 0.481 e. The molecule has 0 spiro atoms. The second-order valence-electron chi connectivity index (χ2n) is 10.1. The lowest BCUT2D eigenvalue weighted by molar-refractivity contribution is 0.191. The SMILES string of the molecule is C=CC(=C)CC/C=C(\C)CCC=C(C)C.CC(C)=CCCC(C)=CCCC(C)=CCOP(=O)(O)OP(=O)(O)O. The summed E-state index contributed by atoms with van der Waals surface area (Å²) in [7, 11) is -9.82. The summed E-state index contributed by atoms with van der Waals surface area (Å²) in [5.74, 6) is 0. The van der Waals surface area contributed by atoms with Crippen molar-refractivity contribution in [3.05, 3.63) is 83.1 Å². The summed E-state index contributed by atoms with van der Waals surface area (Å²) in [5, 5.41) is 0. The second-order valence-corrected chi connectivity index (χ2v) is 12.9. The molecule has 3 N–H and O–H groups in total. The molecule has 0 aromatic rings. The number of hydrogen-bond acceptors (Lipinski definition) is 4. The number of rotatable bonds is 18. The fourth-order valence-electron chi connectivity index (χ4n) is 3.07. The van der Waals surface area contributed by atoms with Gasteiger partial charge in [0.1, 0.15) is 0 Å². The average Bonchev–Trinajstić information content (AvgIpc) is 2.77. The van der Waals surface area contributed by atoms with Gasteiger partial charge in [-0.15, -0.1) is 0 Å². The predicted octanol–water partition coefficient (Wildman–Crippen LogP) is 9.83. The van der Waals surface area contributed by atoms with E-state index in [0.717, 1.165) is 56.1 Å². The first-order chi connectivity index (χ1) is 18.0. The van der Waals surface area contributed by atoms with Crippen LogP contribution in [-0.2, 0) is 18.0 Å². The van der Waals surface area contributed by atoms with Crippen molar-refractivity contribution in [1.29, 1.82) is 0 Å². The molecule has 0 saturated heterocycles. The van der Waals surface area contributed by atoms with E-state index in [0.29, 0.717) is 0 Å². The van der Waals surface area contributed by atoms with E-state index in [1.54, 1.807) is 6.08 Å². The maximum absolute atomic E-state index is 11.2. The maximum atomic E-state index is 11.2. The van der Waals surface area contributed by atoms with Crippen molar-refractivity contribution in [3.8, 4) is 0 Å². The van der Waals surface area contributed by atoms with E-state index in [9.17, 15) is 9.13 Å². The molecule has 0 rings (SSSR count). The van der Waals surface area contributed by atoms with Gasteiger partial charge in [-0.05, 0) is 99.8 Å². The molecule has 0 bridgehead atoms. The molecule has 0 heterocycles. The van der Waals surface area contributed by atoms with Crippen LogP contribution in [0.25, 0.3) is 0 Å². The normalized spacial score (nSPS) is 14.1. The first-order valence-corrected chi connectivity index (χ1v) is 16.3. The molecule has 1 atom stereocenters. The summed E-state index contributed by atoms with van der Waals surface area (Å²) in [5.41, 5.74) is 7.58. The highest BCUT2D eigenvalue weighted by Crippen LogP contribution is 2.57. The summed E-state index contributed by atoms with van der Waals surface area (Å²) in [4.78, 5) is 26.1. The van der Waals surface area contributed by atoms with E-state index < -0.39 is 15.6 Å². The molecular weight excluding hydrogens is 534 g/mol. The molecule has 9 heteroatoms. The van der Waals surface area contributed by atoms with E-state index in [1.807, 2.05) is 13.0 Å². The minimum atomic E-state index is -5.07. The van der Waals surface area contributed by atoms with Gasteiger partial charge < -0.3 is 14.7 Å². The van der Waals surface area contributed by atoms with Crippen LogP contribution in [0.3, 0.4) is 0 Å². The zero-order chi connectivity index (χ0) is 30.5. The van der Waals surface area contributed by atoms with Crippen molar-refractivity contribution in [2.75, 3.05) is 6.61 Å². The van der Waals surface area contributed by atoms with Crippen molar-refractivity contribution in [3.63, 3.8) is 0 Å². The highest BCUT2D eigenvalue weighted by Gasteiger charge is 2.31. The fraction of sp³-hybridized carbons (Fsp3) is 0.533. The van der Waals surface area contributed by atoms with Gasteiger partial charge in [-0.1, -0.05) is 83.1 Å². The number of allylic oxidation sites excluding steroid dienone is 11. The quantitative estimate of drug-likeness (QED) is 0.0832. The molecule has 0 radical (unpaired) electrons. The monoisotopic (exact) mass is 586 g/mol. The molecule has 0 aliphatic carbocycles. The van der Waals surface area contributed by atoms with Crippen LogP contribution in [0.5, 0.6) is 0 Å². The average molecular weight is 587 g/mol. The lowest BCUT2D eigenvalue weighted by atomic mass is 10.1. The van der Waals surface area contributed by atoms with E-state index in [2.05, 4.69) is 87.8 Å². The molecule has 39 heavy (non-hydrogen) atoms. The van der Waals surface area contributed by atoms with Crippen molar-refractivity contribution in [2.45, 2.75) is 99.8 Å². The fourth-order valence-corrected chi connectivity index (χ4v) is 4.59. The van der Waals surface area contributed by atoms with Gasteiger partial charge in [-0.25, -0.2) is 9.13 Å². The van der Waals surface area contributed by atoms with Crippen LogP contribution in [0.2, 0.25) is 0 Å². The summed E-state index contributed by atoms with van der Waals surface area (Å²) in [6.45, 7) is 21.9. The number of phosphoric ester groups is 1. The Bertz CT molecular complexity index is 987. The molecule has 0 aromatic heterocycles. The third-order valence-electron chi connectivity index (χ3n) is 5.34. The number of hydrogen-bond donors (Lipinski definition) is 3. The topological polar surface area (TPSA) is 113 Å². The largest absolute Gasteiger partial charge is 0.481 e. The van der Waals surface area contributed by atoms with Crippen LogP contribution in [0, 0.1) is 0 Å². The van der Waals surface area contributed by atoms with Crippen LogP contribution in [-0.4, -0.2) is 21.3 Å². The van der Waals surface area contributed by atoms with Gasteiger partial charge in [0.05, 0.1) is 6.61 Å². The highest BCUT2D eigenvalue weighted by molar-refractivity contribution is 7.60. The molecule has 0 amide bonds. The van der Waals surface area contributed by atoms with Gasteiger partial charge in [0.15, 0.2) is 0 Å². The lowest BCUT2D eigenvalue weighted by Gasteiger charge is -2.11. The Labute approximate surface area is 237 Å². The molecule has 0 saturated carbocycles. The first-order valence-electron chi connectivity index (χ1n) is 13.3. The summed E-state index contributed by atoms with van der Waals surface area (Å²) < 4.78 is 29.9. The third kappa shape index (κ3) is 30.8. The van der Waals surface area contributed by atoms with Crippen LogP contribution >= 0.6 is 15.6 Å². The summed E-state index contributed by atoms with van der Waals surface area (Å²) >= 11 is 0. The Hall–Kier alpha value is -1.56. The molecule has 0 fully saturated rings. The van der Waals surface area contributed by atoms with Crippen LogP contribution in [0.4, 0.5) is 0 Å². The van der Waals surface area contributed by atoms with Crippen molar-refractivity contribution < 1.29 is 32.6 Å². The zero-order valence-corrected chi connectivity index (χ0v) is 26.9. The Morgan fingerprint density at radius 2 is 1.05 bits per heavy atom. The number of phosphoric acid groups is 2. The standard InChI is InChI=1S/C15H28O7P2.C15H24/c1-13(2)7-5-8-14(3)9-6-10-15(4)11-12-21-24(19,20)22-23(16,17)18;1-6-14(4)10-8-12-15(5)11-7-9-13(2)3/h7,9,11H,5-6,8,10,12H2,1-4H3,(H,19,20)(H2,16,17,18);6,9,12H,1,4,7-8,10-11H2,2-3,5H3/b;15-12+. The molecular formula is C30H52O7P2. The molecule has 224 valence electrons. The van der Waals surface area contributed by atoms with E-state index in [4.69, 9.17) is 14.7 Å². The molecule has 0 aliphatic rings. The van der Waals surface area contributed by atoms with Gasteiger partial charge in [0, 0.05) is 0 Å². The van der Waals surface area contributed by atoms with E-state index >= 15 is 0 Å². The van der Waals surface area contributed by atoms with Crippen molar-refractivity contribution >= 4 is 15.6 Å².